The molecule has 0 bridgehead atoms. The lowest BCUT2D eigenvalue weighted by Crippen LogP contribution is -2.25. The fourth-order valence-corrected chi connectivity index (χ4v) is 2.52. The number of hydrogen-bond donors (Lipinski definition) is 2. The monoisotopic (exact) mass is 247 g/mol. The van der Waals surface area contributed by atoms with Gasteiger partial charge in [0.25, 0.3) is 0 Å². The number of thiol groups is 1. The van der Waals surface area contributed by atoms with Gasteiger partial charge in [-0.3, -0.25) is 4.79 Å². The fraction of sp³-hybridized carbons (Fsp3) is 0.333. The minimum absolute atomic E-state index is 0.158. The van der Waals surface area contributed by atoms with Crippen LogP contribution in [0.2, 0.25) is 0 Å². The zero-order valence-electron chi connectivity index (χ0n) is 9.26. The van der Waals surface area contributed by atoms with Crippen LogP contribution in [0.3, 0.4) is 0 Å². The maximum atomic E-state index is 11.6. The van der Waals surface area contributed by atoms with E-state index in [9.17, 15) is 4.79 Å². The first kappa shape index (κ1) is 10.7. The predicted molar refractivity (Wildman–Crippen MR) is 68.9 cm³/mol. The van der Waals surface area contributed by atoms with Gasteiger partial charge in [-0.15, -0.1) is 0 Å². The SMILES string of the molecule is O=C1CC(S)CN1Cc1nc2ccccc2[nH]1. The number of benzene rings is 1. The zero-order chi connectivity index (χ0) is 11.8. The van der Waals surface area contributed by atoms with Crippen LogP contribution in [-0.4, -0.2) is 32.6 Å². The maximum Gasteiger partial charge on any atom is 0.224 e. The lowest BCUT2D eigenvalue weighted by molar-refractivity contribution is -0.128. The van der Waals surface area contributed by atoms with Gasteiger partial charge in [0, 0.05) is 18.2 Å². The van der Waals surface area contributed by atoms with Gasteiger partial charge in [-0.25, -0.2) is 4.98 Å². The molecular weight excluding hydrogens is 234 g/mol. The number of amides is 1. The Bertz CT molecular complexity index is 533. The Kier molecular flexibility index (Phi) is 2.55. The Morgan fingerprint density at radius 3 is 3.00 bits per heavy atom. The van der Waals surface area contributed by atoms with Crippen molar-refractivity contribution in [3.63, 3.8) is 0 Å². The molecule has 0 radical (unpaired) electrons. The van der Waals surface area contributed by atoms with Gasteiger partial charge in [0.2, 0.25) is 5.91 Å². The standard InChI is InChI=1S/C12H13N3OS/c16-12-5-8(17)6-15(12)7-11-13-9-3-1-2-4-10(9)14-11/h1-4,8,17H,5-7H2,(H,13,14). The highest BCUT2D eigenvalue weighted by Crippen LogP contribution is 2.19. The second kappa shape index (κ2) is 4.07. The number of rotatable bonds is 2. The van der Waals surface area contributed by atoms with E-state index in [4.69, 9.17) is 0 Å². The van der Waals surface area contributed by atoms with E-state index in [1.807, 2.05) is 24.3 Å². The average Bonchev–Trinajstić information content (AvgIpc) is 2.82. The number of nitrogens with one attached hydrogen (secondary N) is 1. The number of para-hydroxylation sites is 2. The number of aromatic amines is 1. The molecule has 0 saturated carbocycles. The number of aromatic nitrogens is 2. The Morgan fingerprint density at radius 1 is 1.47 bits per heavy atom. The number of H-pyrrole nitrogens is 1. The number of carbonyl (C=O) groups is 1. The summed E-state index contributed by atoms with van der Waals surface area (Å²) in [6.45, 7) is 1.25. The molecule has 1 aliphatic rings. The van der Waals surface area contributed by atoms with Gasteiger partial charge >= 0.3 is 0 Å². The fourth-order valence-electron chi connectivity index (χ4n) is 2.17. The highest BCUT2D eigenvalue weighted by Gasteiger charge is 2.27. The summed E-state index contributed by atoms with van der Waals surface area (Å²) in [5.74, 6) is 0.993. The molecule has 1 aromatic carbocycles. The van der Waals surface area contributed by atoms with Crippen molar-refractivity contribution in [3.8, 4) is 0 Å². The zero-order valence-corrected chi connectivity index (χ0v) is 10.2. The van der Waals surface area contributed by atoms with Crippen LogP contribution in [0.25, 0.3) is 11.0 Å². The molecule has 4 nitrogen and oxygen atoms in total. The molecule has 0 spiro atoms. The Labute approximate surface area is 104 Å². The quantitative estimate of drug-likeness (QED) is 0.792. The van der Waals surface area contributed by atoms with Crippen LogP contribution in [0.5, 0.6) is 0 Å². The summed E-state index contributed by atoms with van der Waals surface area (Å²) in [5.41, 5.74) is 1.95. The lowest BCUT2D eigenvalue weighted by atomic mass is 10.3. The van der Waals surface area contributed by atoms with Gasteiger partial charge in [0.15, 0.2) is 0 Å². The Hall–Kier alpha value is -1.49. The third-order valence-corrected chi connectivity index (χ3v) is 3.32. The van der Waals surface area contributed by atoms with E-state index >= 15 is 0 Å². The number of fused-ring (bicyclic) bond motifs is 1. The highest BCUT2D eigenvalue weighted by molar-refractivity contribution is 7.81. The van der Waals surface area contributed by atoms with E-state index < -0.39 is 0 Å². The molecule has 1 N–H and O–H groups in total. The lowest BCUT2D eigenvalue weighted by Gasteiger charge is -2.13. The summed E-state index contributed by atoms with van der Waals surface area (Å²) in [6.07, 6.45) is 0.531. The number of nitrogens with zero attached hydrogens (tertiary/aromatic N) is 2. The maximum absolute atomic E-state index is 11.6. The van der Waals surface area contributed by atoms with Gasteiger partial charge in [0.05, 0.1) is 17.6 Å². The van der Waals surface area contributed by atoms with Gasteiger partial charge in [-0.2, -0.15) is 12.6 Å². The number of likely N-dealkylation sites (tertiary alicyclic amines) is 1. The molecule has 5 heteroatoms. The second-order valence-corrected chi connectivity index (χ2v) is 5.06. The van der Waals surface area contributed by atoms with Crippen molar-refractivity contribution in [2.45, 2.75) is 18.2 Å². The number of hydrogen-bond acceptors (Lipinski definition) is 3. The topological polar surface area (TPSA) is 49.0 Å². The summed E-state index contributed by atoms with van der Waals surface area (Å²) in [7, 11) is 0. The molecule has 88 valence electrons. The molecular formula is C12H13N3OS. The normalized spacial score (nSPS) is 20.4. The van der Waals surface area contributed by atoms with Crippen LogP contribution in [0, 0.1) is 0 Å². The first-order chi connectivity index (χ1) is 8.22. The van der Waals surface area contributed by atoms with E-state index in [0.717, 1.165) is 16.9 Å². The Morgan fingerprint density at radius 2 is 2.29 bits per heavy atom. The van der Waals surface area contributed by atoms with Crippen LogP contribution in [0.15, 0.2) is 24.3 Å². The molecule has 1 atom stereocenters. The summed E-state index contributed by atoms with van der Waals surface area (Å²) in [5, 5.41) is 0.159. The molecule has 1 aromatic heterocycles. The molecule has 1 saturated heterocycles. The minimum atomic E-state index is 0.158. The minimum Gasteiger partial charge on any atom is -0.340 e. The van der Waals surface area contributed by atoms with Crippen LogP contribution >= 0.6 is 12.6 Å². The van der Waals surface area contributed by atoms with Gasteiger partial charge in [-0.05, 0) is 12.1 Å². The van der Waals surface area contributed by atoms with Crippen molar-refractivity contribution >= 4 is 29.6 Å². The molecule has 1 unspecified atom stereocenters. The van der Waals surface area contributed by atoms with Crippen LogP contribution < -0.4 is 0 Å². The molecule has 1 amide bonds. The molecule has 17 heavy (non-hydrogen) atoms. The van der Waals surface area contributed by atoms with E-state index in [2.05, 4.69) is 22.6 Å². The van der Waals surface area contributed by atoms with Crippen molar-refractivity contribution in [1.82, 2.24) is 14.9 Å². The van der Waals surface area contributed by atoms with Crippen molar-refractivity contribution in [1.29, 1.82) is 0 Å². The van der Waals surface area contributed by atoms with E-state index in [1.54, 1.807) is 4.90 Å². The van der Waals surface area contributed by atoms with Crippen molar-refractivity contribution < 1.29 is 4.79 Å². The van der Waals surface area contributed by atoms with Gasteiger partial charge in [-0.1, -0.05) is 12.1 Å². The van der Waals surface area contributed by atoms with Crippen molar-refractivity contribution in [2.24, 2.45) is 0 Å². The van der Waals surface area contributed by atoms with E-state index in [1.165, 1.54) is 0 Å². The summed E-state index contributed by atoms with van der Waals surface area (Å²) >= 11 is 4.33. The molecule has 1 fully saturated rings. The van der Waals surface area contributed by atoms with Crippen molar-refractivity contribution in [3.05, 3.63) is 30.1 Å². The number of imidazole rings is 1. The molecule has 2 heterocycles. The van der Waals surface area contributed by atoms with Crippen LogP contribution in [0.1, 0.15) is 12.2 Å². The summed E-state index contributed by atoms with van der Waals surface area (Å²) in [6, 6.07) is 7.87. The molecule has 1 aliphatic heterocycles. The molecule has 2 aromatic rings. The summed E-state index contributed by atoms with van der Waals surface area (Å²) in [4.78, 5) is 21.1. The van der Waals surface area contributed by atoms with Crippen LogP contribution in [-0.2, 0) is 11.3 Å². The van der Waals surface area contributed by atoms with Gasteiger partial charge < -0.3 is 9.88 Å². The summed E-state index contributed by atoms with van der Waals surface area (Å²) < 4.78 is 0. The smallest absolute Gasteiger partial charge is 0.224 e. The highest BCUT2D eigenvalue weighted by atomic mass is 32.1. The first-order valence-electron chi connectivity index (χ1n) is 5.62. The number of carbonyl (C=O) groups excluding carboxylic acids is 1. The van der Waals surface area contributed by atoms with Gasteiger partial charge in [0.1, 0.15) is 5.82 Å². The molecule has 0 aliphatic carbocycles. The second-order valence-electron chi connectivity index (χ2n) is 4.33. The van der Waals surface area contributed by atoms with E-state index in [-0.39, 0.29) is 11.2 Å². The largest absolute Gasteiger partial charge is 0.340 e. The molecule has 3 rings (SSSR count). The third kappa shape index (κ3) is 2.02. The Balaban J connectivity index is 1.83. The van der Waals surface area contributed by atoms with Crippen molar-refractivity contribution in [2.75, 3.05) is 6.54 Å². The van der Waals surface area contributed by atoms with E-state index in [0.29, 0.717) is 19.5 Å². The van der Waals surface area contributed by atoms with Crippen LogP contribution in [0.4, 0.5) is 0 Å². The third-order valence-electron chi connectivity index (χ3n) is 2.97. The predicted octanol–water partition coefficient (Wildman–Crippen LogP) is 1.59. The first-order valence-corrected chi connectivity index (χ1v) is 6.13. The average molecular weight is 247 g/mol.